The molecule has 5 rings (SSSR count). The number of rotatable bonds is 3. The number of nitrogens with zero attached hydrogens (tertiary/aromatic N) is 5. The Hall–Kier alpha value is -3.25. The average molecular weight is 384 g/mol. The first-order chi connectivity index (χ1) is 14.2. The molecule has 1 aliphatic rings. The number of piperazine rings is 1. The molecule has 0 spiro atoms. The Morgan fingerprint density at radius 1 is 1.03 bits per heavy atom. The summed E-state index contributed by atoms with van der Waals surface area (Å²) in [7, 11) is 0. The van der Waals surface area contributed by atoms with Crippen LogP contribution in [0, 0.1) is 6.92 Å². The fourth-order valence-corrected chi connectivity index (χ4v) is 3.98. The Labute approximate surface area is 170 Å². The second kappa shape index (κ2) is 7.29. The van der Waals surface area contributed by atoms with Crippen LogP contribution in [0.25, 0.3) is 28.2 Å². The van der Waals surface area contributed by atoms with E-state index in [9.17, 15) is 0 Å². The van der Waals surface area contributed by atoms with Gasteiger partial charge >= 0.3 is 0 Å². The normalized spacial score (nSPS) is 17.0. The van der Waals surface area contributed by atoms with Crippen molar-refractivity contribution in [1.29, 1.82) is 0 Å². The van der Waals surface area contributed by atoms with E-state index in [1.807, 2.05) is 41.9 Å². The van der Waals surface area contributed by atoms with Gasteiger partial charge < -0.3 is 10.2 Å². The smallest absolute Gasteiger partial charge is 0.155 e. The summed E-state index contributed by atoms with van der Waals surface area (Å²) in [5, 5.41) is 8.51. The first-order valence-corrected chi connectivity index (χ1v) is 10.1. The van der Waals surface area contributed by atoms with Crippen molar-refractivity contribution in [2.75, 3.05) is 24.5 Å². The highest BCUT2D eigenvalue weighted by molar-refractivity contribution is 5.81. The van der Waals surface area contributed by atoms with Crippen molar-refractivity contribution in [3.05, 3.63) is 66.5 Å². The number of fused-ring (bicyclic) bond motifs is 1. The van der Waals surface area contributed by atoms with E-state index >= 15 is 0 Å². The van der Waals surface area contributed by atoms with Gasteiger partial charge in [0.2, 0.25) is 0 Å². The first kappa shape index (κ1) is 17.8. The van der Waals surface area contributed by atoms with Crippen LogP contribution in [-0.2, 0) is 0 Å². The zero-order chi connectivity index (χ0) is 19.8. The van der Waals surface area contributed by atoms with E-state index in [1.165, 1.54) is 0 Å². The molecule has 0 saturated carbocycles. The zero-order valence-electron chi connectivity index (χ0n) is 16.7. The van der Waals surface area contributed by atoms with Crippen LogP contribution in [0.4, 0.5) is 5.82 Å². The monoisotopic (exact) mass is 384 g/mol. The van der Waals surface area contributed by atoms with Crippen molar-refractivity contribution < 1.29 is 0 Å². The molecule has 6 heteroatoms. The van der Waals surface area contributed by atoms with E-state index in [0.717, 1.165) is 59.3 Å². The number of imidazole rings is 1. The number of hydrogen-bond donors (Lipinski definition) is 1. The number of benzene rings is 1. The standard InChI is InChI=1S/C23H24N6/c1-16-14-19(10-11-24-16)23-22(18-6-4-3-5-7-18)26-20-8-9-21(27-29(20)23)28-13-12-25-17(2)15-28/h3-11,14,17,25H,12-13,15H2,1-2H3/t17-/m1/s1. The van der Waals surface area contributed by atoms with E-state index in [1.54, 1.807) is 0 Å². The Kier molecular flexibility index (Phi) is 4.48. The number of aromatic nitrogens is 4. The molecule has 6 nitrogen and oxygen atoms in total. The molecule has 4 aromatic rings. The number of aryl methyl sites for hydroxylation is 1. The van der Waals surface area contributed by atoms with Gasteiger partial charge in [0, 0.05) is 48.7 Å². The number of nitrogens with one attached hydrogen (secondary N) is 1. The van der Waals surface area contributed by atoms with Crippen molar-refractivity contribution in [2.24, 2.45) is 0 Å². The van der Waals surface area contributed by atoms with Gasteiger partial charge in [0.05, 0.1) is 5.69 Å². The third-order valence-corrected chi connectivity index (χ3v) is 5.37. The van der Waals surface area contributed by atoms with Gasteiger partial charge in [0.1, 0.15) is 11.5 Å². The summed E-state index contributed by atoms with van der Waals surface area (Å²) in [5.74, 6) is 0.981. The maximum atomic E-state index is 5.02. The molecule has 0 radical (unpaired) electrons. The Morgan fingerprint density at radius 2 is 1.90 bits per heavy atom. The Bertz CT molecular complexity index is 1150. The second-order valence-corrected chi connectivity index (χ2v) is 7.62. The second-order valence-electron chi connectivity index (χ2n) is 7.62. The topological polar surface area (TPSA) is 58.4 Å². The molecule has 0 aliphatic carbocycles. The van der Waals surface area contributed by atoms with Crippen LogP contribution in [0.5, 0.6) is 0 Å². The lowest BCUT2D eigenvalue weighted by atomic mass is 10.1. The average Bonchev–Trinajstić information content (AvgIpc) is 3.13. The Morgan fingerprint density at radius 3 is 2.69 bits per heavy atom. The predicted octanol–water partition coefficient (Wildman–Crippen LogP) is 3.56. The largest absolute Gasteiger partial charge is 0.352 e. The molecular weight excluding hydrogens is 360 g/mol. The summed E-state index contributed by atoms with van der Waals surface area (Å²) in [6, 6.07) is 19.0. The summed E-state index contributed by atoms with van der Waals surface area (Å²) in [6.07, 6.45) is 1.85. The SMILES string of the molecule is Cc1cc(-c2c(-c3ccccc3)nc3ccc(N4CCN[C@H](C)C4)nn23)ccn1. The molecule has 0 unspecified atom stereocenters. The van der Waals surface area contributed by atoms with Crippen LogP contribution < -0.4 is 10.2 Å². The molecule has 146 valence electrons. The molecule has 1 atom stereocenters. The Balaban J connectivity index is 1.71. The summed E-state index contributed by atoms with van der Waals surface area (Å²) in [4.78, 5) is 11.6. The van der Waals surface area contributed by atoms with Gasteiger partial charge in [-0.3, -0.25) is 4.98 Å². The van der Waals surface area contributed by atoms with Gasteiger partial charge in [0.15, 0.2) is 5.65 Å². The number of hydrogen-bond acceptors (Lipinski definition) is 5. The molecule has 3 aromatic heterocycles. The van der Waals surface area contributed by atoms with Gasteiger partial charge in [-0.2, -0.15) is 0 Å². The van der Waals surface area contributed by atoms with Gasteiger partial charge in [-0.05, 0) is 38.1 Å². The molecule has 1 fully saturated rings. The predicted molar refractivity (Wildman–Crippen MR) is 116 cm³/mol. The van der Waals surface area contributed by atoms with Crippen LogP contribution >= 0.6 is 0 Å². The molecular formula is C23H24N6. The number of pyridine rings is 1. The highest BCUT2D eigenvalue weighted by atomic mass is 15.3. The van der Waals surface area contributed by atoms with E-state index in [0.29, 0.717) is 6.04 Å². The first-order valence-electron chi connectivity index (χ1n) is 10.1. The van der Waals surface area contributed by atoms with Crippen LogP contribution in [0.2, 0.25) is 0 Å². The van der Waals surface area contributed by atoms with E-state index in [-0.39, 0.29) is 0 Å². The maximum Gasteiger partial charge on any atom is 0.155 e. The summed E-state index contributed by atoms with van der Waals surface area (Å²) < 4.78 is 1.99. The molecule has 29 heavy (non-hydrogen) atoms. The van der Waals surface area contributed by atoms with Crippen LogP contribution in [0.15, 0.2) is 60.8 Å². The minimum absolute atomic E-state index is 0.450. The van der Waals surface area contributed by atoms with E-state index < -0.39 is 0 Å². The minimum Gasteiger partial charge on any atom is -0.352 e. The minimum atomic E-state index is 0.450. The summed E-state index contributed by atoms with van der Waals surface area (Å²) >= 11 is 0. The van der Waals surface area contributed by atoms with Crippen molar-refractivity contribution in [1.82, 2.24) is 24.9 Å². The fraction of sp³-hybridized carbons (Fsp3) is 0.261. The van der Waals surface area contributed by atoms with Crippen LogP contribution in [-0.4, -0.2) is 45.3 Å². The van der Waals surface area contributed by atoms with Crippen LogP contribution in [0.1, 0.15) is 12.6 Å². The van der Waals surface area contributed by atoms with Gasteiger partial charge in [-0.25, -0.2) is 9.50 Å². The quantitative estimate of drug-likeness (QED) is 0.585. The molecule has 0 bridgehead atoms. The van der Waals surface area contributed by atoms with Crippen LogP contribution in [0.3, 0.4) is 0 Å². The third kappa shape index (κ3) is 3.36. The third-order valence-electron chi connectivity index (χ3n) is 5.37. The summed E-state index contributed by atoms with van der Waals surface area (Å²) in [5.41, 5.74) is 5.92. The van der Waals surface area contributed by atoms with E-state index in [2.05, 4.69) is 52.5 Å². The van der Waals surface area contributed by atoms with Crippen molar-refractivity contribution in [2.45, 2.75) is 19.9 Å². The van der Waals surface area contributed by atoms with Crippen molar-refractivity contribution >= 4 is 11.5 Å². The molecule has 1 aromatic carbocycles. The molecule has 4 heterocycles. The van der Waals surface area contributed by atoms with E-state index in [4.69, 9.17) is 10.1 Å². The summed E-state index contributed by atoms with van der Waals surface area (Å²) in [6.45, 7) is 7.09. The highest BCUT2D eigenvalue weighted by Crippen LogP contribution is 2.33. The lowest BCUT2D eigenvalue weighted by Gasteiger charge is -2.32. The lowest BCUT2D eigenvalue weighted by molar-refractivity contribution is 0.481. The molecule has 0 amide bonds. The molecule has 1 saturated heterocycles. The number of anilines is 1. The lowest BCUT2D eigenvalue weighted by Crippen LogP contribution is -2.49. The molecule has 1 N–H and O–H groups in total. The van der Waals surface area contributed by atoms with Gasteiger partial charge in [-0.1, -0.05) is 30.3 Å². The maximum absolute atomic E-state index is 5.02. The van der Waals surface area contributed by atoms with Gasteiger partial charge in [-0.15, -0.1) is 5.10 Å². The van der Waals surface area contributed by atoms with Gasteiger partial charge in [0.25, 0.3) is 0 Å². The highest BCUT2D eigenvalue weighted by Gasteiger charge is 2.21. The zero-order valence-corrected chi connectivity index (χ0v) is 16.7. The molecule has 1 aliphatic heterocycles. The fourth-order valence-electron chi connectivity index (χ4n) is 3.98. The van der Waals surface area contributed by atoms with Crippen molar-refractivity contribution in [3.63, 3.8) is 0 Å². The van der Waals surface area contributed by atoms with Crippen molar-refractivity contribution in [3.8, 4) is 22.5 Å².